The Morgan fingerprint density at radius 3 is 2.67 bits per heavy atom. The zero-order valence-electron chi connectivity index (χ0n) is 18.8. The number of carbonyl (C=O) groups excluding carboxylic acids is 1. The largest absolute Gasteiger partial charge is 0.494 e. The number of ether oxygens (including phenoxy) is 3. The molecule has 2 aliphatic heterocycles. The van der Waals surface area contributed by atoms with E-state index in [0.29, 0.717) is 38.5 Å². The molecule has 0 unspecified atom stereocenters. The van der Waals surface area contributed by atoms with E-state index in [2.05, 4.69) is 5.10 Å². The van der Waals surface area contributed by atoms with Gasteiger partial charge in [-0.15, -0.1) is 0 Å². The molecule has 33 heavy (non-hydrogen) atoms. The van der Waals surface area contributed by atoms with Crippen LogP contribution in [0.3, 0.4) is 0 Å². The third-order valence-corrected chi connectivity index (χ3v) is 5.38. The SMILES string of the molecule is CCOC(=O)c1cnn(C2COCCOC2)c1-c1ccc(B2OCC(C)(C)O2)cc1[N+](=O)[O-]. The van der Waals surface area contributed by atoms with E-state index in [4.69, 9.17) is 23.5 Å². The number of benzene rings is 1. The van der Waals surface area contributed by atoms with Gasteiger partial charge in [0.2, 0.25) is 0 Å². The summed E-state index contributed by atoms with van der Waals surface area (Å²) in [6.45, 7) is 7.45. The summed E-state index contributed by atoms with van der Waals surface area (Å²) in [7, 11) is -0.717. The molecule has 3 heterocycles. The lowest BCUT2D eigenvalue weighted by Crippen LogP contribution is -2.34. The predicted octanol–water partition coefficient (Wildman–Crippen LogP) is 1.74. The molecule has 2 fully saturated rings. The number of rotatable bonds is 6. The Balaban J connectivity index is 1.81. The Bertz CT molecular complexity index is 1030. The molecule has 0 amide bonds. The zero-order chi connectivity index (χ0) is 23.6. The van der Waals surface area contributed by atoms with Crippen LogP contribution in [-0.4, -0.2) is 73.0 Å². The number of aromatic nitrogens is 2. The lowest BCUT2D eigenvalue weighted by atomic mass is 9.78. The van der Waals surface area contributed by atoms with Gasteiger partial charge in [-0.25, -0.2) is 4.79 Å². The molecule has 12 heteroatoms. The summed E-state index contributed by atoms with van der Waals surface area (Å²) in [6, 6.07) is 4.32. The van der Waals surface area contributed by atoms with Gasteiger partial charge in [0.15, 0.2) is 0 Å². The molecule has 176 valence electrons. The van der Waals surface area contributed by atoms with Crippen molar-refractivity contribution in [3.8, 4) is 11.3 Å². The second kappa shape index (κ2) is 9.60. The fourth-order valence-electron chi connectivity index (χ4n) is 3.86. The van der Waals surface area contributed by atoms with Crippen molar-refractivity contribution in [2.24, 2.45) is 0 Å². The highest BCUT2D eigenvalue weighted by Gasteiger charge is 2.39. The third-order valence-electron chi connectivity index (χ3n) is 5.38. The molecule has 0 spiro atoms. The van der Waals surface area contributed by atoms with E-state index in [9.17, 15) is 14.9 Å². The van der Waals surface area contributed by atoms with E-state index < -0.39 is 23.6 Å². The Hall–Kier alpha value is -2.80. The van der Waals surface area contributed by atoms with E-state index in [1.54, 1.807) is 23.7 Å². The van der Waals surface area contributed by atoms with Crippen LogP contribution in [0, 0.1) is 10.1 Å². The van der Waals surface area contributed by atoms with Crippen molar-refractivity contribution in [3.05, 3.63) is 40.1 Å². The lowest BCUT2D eigenvalue weighted by Gasteiger charge is -2.18. The van der Waals surface area contributed by atoms with Gasteiger partial charge in [0.05, 0.1) is 73.7 Å². The highest BCUT2D eigenvalue weighted by Crippen LogP contribution is 2.35. The second-order valence-electron chi connectivity index (χ2n) is 8.43. The van der Waals surface area contributed by atoms with Gasteiger partial charge in [0.25, 0.3) is 5.69 Å². The number of nitro groups is 1. The summed E-state index contributed by atoms with van der Waals surface area (Å²) in [5.74, 6) is -0.614. The Morgan fingerprint density at radius 1 is 1.33 bits per heavy atom. The second-order valence-corrected chi connectivity index (χ2v) is 8.43. The minimum absolute atomic E-state index is 0.131. The van der Waals surface area contributed by atoms with Crippen LogP contribution >= 0.6 is 0 Å². The van der Waals surface area contributed by atoms with Gasteiger partial charge in [-0.1, -0.05) is 6.07 Å². The average Bonchev–Trinajstić information content (AvgIpc) is 3.27. The van der Waals surface area contributed by atoms with Gasteiger partial charge in [-0.3, -0.25) is 14.8 Å². The normalized spacial score (nSPS) is 18.8. The fraction of sp³-hybridized carbons (Fsp3) is 0.524. The van der Waals surface area contributed by atoms with Crippen LogP contribution in [0.4, 0.5) is 5.69 Å². The number of hydrogen-bond donors (Lipinski definition) is 0. The first-order valence-corrected chi connectivity index (χ1v) is 10.8. The van der Waals surface area contributed by atoms with E-state index in [1.165, 1.54) is 12.3 Å². The highest BCUT2D eigenvalue weighted by atomic mass is 16.7. The van der Waals surface area contributed by atoms with Crippen molar-refractivity contribution in [3.63, 3.8) is 0 Å². The number of nitro benzene ring substituents is 1. The first-order chi connectivity index (χ1) is 15.8. The van der Waals surface area contributed by atoms with Crippen LogP contribution < -0.4 is 5.46 Å². The predicted molar refractivity (Wildman–Crippen MR) is 117 cm³/mol. The van der Waals surface area contributed by atoms with Crippen molar-refractivity contribution in [1.29, 1.82) is 0 Å². The molecular weight excluding hydrogens is 433 g/mol. The first kappa shape index (κ1) is 23.4. The minimum Gasteiger partial charge on any atom is -0.462 e. The molecule has 1 aromatic carbocycles. The number of hydrogen-bond acceptors (Lipinski definition) is 9. The minimum atomic E-state index is -0.717. The molecule has 0 atom stereocenters. The summed E-state index contributed by atoms with van der Waals surface area (Å²) >= 11 is 0. The molecule has 0 aliphatic carbocycles. The van der Waals surface area contributed by atoms with Gasteiger partial charge < -0.3 is 23.5 Å². The molecule has 0 saturated carbocycles. The van der Waals surface area contributed by atoms with E-state index in [1.807, 2.05) is 13.8 Å². The van der Waals surface area contributed by atoms with Crippen LogP contribution in [0.5, 0.6) is 0 Å². The fourth-order valence-corrected chi connectivity index (χ4v) is 3.86. The molecule has 2 saturated heterocycles. The van der Waals surface area contributed by atoms with Gasteiger partial charge in [0.1, 0.15) is 5.56 Å². The van der Waals surface area contributed by atoms with Crippen LogP contribution in [-0.2, 0) is 23.5 Å². The Kier molecular flexibility index (Phi) is 6.79. The van der Waals surface area contributed by atoms with Gasteiger partial charge in [0, 0.05) is 6.07 Å². The summed E-state index contributed by atoms with van der Waals surface area (Å²) in [5, 5.41) is 16.5. The van der Waals surface area contributed by atoms with Crippen LogP contribution in [0.25, 0.3) is 11.3 Å². The average molecular weight is 459 g/mol. The lowest BCUT2D eigenvalue weighted by molar-refractivity contribution is -0.384. The summed E-state index contributed by atoms with van der Waals surface area (Å²) in [6.07, 6.45) is 1.36. The van der Waals surface area contributed by atoms with Crippen molar-refractivity contribution in [2.75, 3.05) is 39.6 Å². The molecule has 0 radical (unpaired) electrons. The number of carbonyl (C=O) groups is 1. The standard InChI is InChI=1S/C21H26BN3O8/c1-4-31-20(26)17-10-23-24(15-11-29-7-8-30-12-15)19(17)16-6-5-14(9-18(16)25(27)28)22-32-13-21(2,3)33-22/h5-6,9-10,15H,4,7-8,11-13H2,1-3H3. The van der Waals surface area contributed by atoms with Crippen molar-refractivity contribution < 1.29 is 33.2 Å². The number of nitrogens with zero attached hydrogens (tertiary/aromatic N) is 3. The summed E-state index contributed by atoms with van der Waals surface area (Å²) in [4.78, 5) is 24.3. The highest BCUT2D eigenvalue weighted by molar-refractivity contribution is 6.62. The van der Waals surface area contributed by atoms with Gasteiger partial charge in [-0.05, 0) is 32.3 Å². The topological polar surface area (TPSA) is 124 Å². The maximum Gasteiger partial charge on any atom is 0.494 e. The van der Waals surface area contributed by atoms with E-state index in [0.717, 1.165) is 0 Å². The molecule has 2 aromatic rings. The van der Waals surface area contributed by atoms with Gasteiger partial charge >= 0.3 is 13.1 Å². The van der Waals surface area contributed by atoms with Crippen LogP contribution in [0.1, 0.15) is 37.2 Å². The quantitative estimate of drug-likeness (QED) is 0.275. The summed E-state index contributed by atoms with van der Waals surface area (Å²) in [5.41, 5.74) is 0.456. The maximum absolute atomic E-state index is 12.7. The smallest absolute Gasteiger partial charge is 0.462 e. The molecule has 4 rings (SSSR count). The molecule has 0 bridgehead atoms. The van der Waals surface area contributed by atoms with E-state index in [-0.39, 0.29) is 35.2 Å². The number of esters is 1. The molecule has 1 aromatic heterocycles. The Morgan fingerprint density at radius 2 is 2.06 bits per heavy atom. The molecular formula is C21H26BN3O8. The molecule has 2 aliphatic rings. The first-order valence-electron chi connectivity index (χ1n) is 10.8. The maximum atomic E-state index is 12.7. The van der Waals surface area contributed by atoms with Gasteiger partial charge in [-0.2, -0.15) is 5.10 Å². The molecule has 11 nitrogen and oxygen atoms in total. The molecule has 0 N–H and O–H groups in total. The van der Waals surface area contributed by atoms with Crippen LogP contribution in [0.2, 0.25) is 0 Å². The van der Waals surface area contributed by atoms with Crippen LogP contribution in [0.15, 0.2) is 24.4 Å². The zero-order valence-corrected chi connectivity index (χ0v) is 18.8. The van der Waals surface area contributed by atoms with Crippen molar-refractivity contribution in [1.82, 2.24) is 9.78 Å². The van der Waals surface area contributed by atoms with E-state index >= 15 is 0 Å². The summed E-state index contributed by atoms with van der Waals surface area (Å²) < 4.78 is 29.4. The third kappa shape index (κ3) is 4.93. The monoisotopic (exact) mass is 459 g/mol. The van der Waals surface area contributed by atoms with Crippen molar-refractivity contribution >= 4 is 24.2 Å². The Labute approximate surface area is 191 Å². The van der Waals surface area contributed by atoms with Crippen molar-refractivity contribution in [2.45, 2.75) is 32.4 Å².